The number of carboxylic acid groups (broad SMARTS) is 2. The number of hydrogen-bond acceptors (Lipinski definition) is 8. The normalized spacial score (nSPS) is 13.1. The maximum absolute atomic E-state index is 12.8. The maximum Gasteiger partial charge on any atom is 0.322 e. The Kier molecular flexibility index (Phi) is 15.3. The number of aliphatic carboxylic acids is 2. The van der Waals surface area contributed by atoms with Crippen LogP contribution in [0.3, 0.4) is 0 Å². The van der Waals surface area contributed by atoms with Gasteiger partial charge in [0.05, 0.1) is 6.04 Å². The molecule has 0 bridgehead atoms. The summed E-state index contributed by atoms with van der Waals surface area (Å²) in [6, 6.07) is -3.39. The fourth-order valence-electron chi connectivity index (χ4n) is 2.79. The molecule has 0 saturated carbocycles. The summed E-state index contributed by atoms with van der Waals surface area (Å²) >= 11 is 0. The Balaban J connectivity index is 5.23. The molecule has 15 heteroatoms. The van der Waals surface area contributed by atoms with Crippen LogP contribution in [0.1, 0.15) is 44.9 Å². The Bertz CT molecular complexity index is 727. The van der Waals surface area contributed by atoms with Crippen LogP contribution in [-0.2, 0) is 24.0 Å². The summed E-state index contributed by atoms with van der Waals surface area (Å²) in [6.45, 7) is -0.0338. The minimum absolute atomic E-state index is 0.100. The summed E-state index contributed by atoms with van der Waals surface area (Å²) in [4.78, 5) is 63.1. The van der Waals surface area contributed by atoms with Crippen LogP contribution in [0.2, 0.25) is 0 Å². The number of nitrogens with two attached hydrogens (primary N) is 4. The Morgan fingerprint density at radius 2 is 1.41 bits per heavy atom. The van der Waals surface area contributed by atoms with Crippen LogP contribution < -0.4 is 38.9 Å². The Labute approximate surface area is 197 Å². The highest BCUT2D eigenvalue weighted by Gasteiger charge is 2.28. The number of rotatable bonds is 18. The molecule has 3 unspecified atom stereocenters. The molecule has 194 valence electrons. The number of carbonyl (C=O) groups excluding carboxylic acids is 3. The monoisotopic (exact) mass is 488 g/mol. The summed E-state index contributed by atoms with van der Waals surface area (Å²) in [5.41, 5.74) is 21.7. The molecule has 0 heterocycles. The number of guanidine groups is 1. The van der Waals surface area contributed by atoms with E-state index in [1.807, 2.05) is 0 Å². The molecule has 34 heavy (non-hydrogen) atoms. The van der Waals surface area contributed by atoms with E-state index in [1.54, 1.807) is 0 Å². The van der Waals surface area contributed by atoms with Crippen molar-refractivity contribution >= 4 is 35.6 Å². The second kappa shape index (κ2) is 17.1. The Morgan fingerprint density at radius 1 is 0.794 bits per heavy atom. The zero-order chi connectivity index (χ0) is 26.1. The number of amides is 3. The van der Waals surface area contributed by atoms with Crippen LogP contribution >= 0.6 is 0 Å². The second-order valence-corrected chi connectivity index (χ2v) is 7.51. The molecule has 3 amide bonds. The van der Waals surface area contributed by atoms with Gasteiger partial charge in [-0.1, -0.05) is 0 Å². The molecule has 13 N–H and O–H groups in total. The zero-order valence-corrected chi connectivity index (χ0v) is 19.0. The largest absolute Gasteiger partial charge is 0.481 e. The topological polar surface area (TPSA) is 278 Å². The smallest absolute Gasteiger partial charge is 0.322 e. The van der Waals surface area contributed by atoms with Crippen molar-refractivity contribution in [3.8, 4) is 0 Å². The Hall–Kier alpha value is -3.46. The molecular formula is C19H36N8O7. The number of carbonyl (C=O) groups is 5. The van der Waals surface area contributed by atoms with Gasteiger partial charge in [0.25, 0.3) is 0 Å². The van der Waals surface area contributed by atoms with Crippen molar-refractivity contribution in [2.24, 2.45) is 27.9 Å². The van der Waals surface area contributed by atoms with Gasteiger partial charge in [-0.15, -0.1) is 0 Å². The first-order chi connectivity index (χ1) is 16.0. The van der Waals surface area contributed by atoms with Crippen LogP contribution in [0.25, 0.3) is 0 Å². The van der Waals surface area contributed by atoms with Gasteiger partial charge in [0.2, 0.25) is 17.7 Å². The molecule has 0 aliphatic carbocycles. The third kappa shape index (κ3) is 14.6. The van der Waals surface area contributed by atoms with E-state index in [1.165, 1.54) is 0 Å². The predicted octanol–water partition coefficient (Wildman–Crippen LogP) is -3.47. The lowest BCUT2D eigenvalue weighted by molar-refractivity contribution is -0.138. The van der Waals surface area contributed by atoms with Gasteiger partial charge in [-0.2, -0.15) is 0 Å². The first kappa shape index (κ1) is 30.5. The Morgan fingerprint density at radius 3 is 1.97 bits per heavy atom. The van der Waals surface area contributed by atoms with Crippen molar-refractivity contribution in [1.82, 2.24) is 16.0 Å². The fraction of sp³-hybridized carbons (Fsp3) is 0.684. The van der Waals surface area contributed by atoms with Crippen molar-refractivity contribution in [3.63, 3.8) is 0 Å². The zero-order valence-electron chi connectivity index (χ0n) is 19.0. The first-order valence-corrected chi connectivity index (χ1v) is 10.8. The molecule has 0 fully saturated rings. The second-order valence-electron chi connectivity index (χ2n) is 7.51. The van der Waals surface area contributed by atoms with Gasteiger partial charge in [-0.25, -0.2) is 0 Å². The number of nitrogens with one attached hydrogen (secondary N) is 3. The first-order valence-electron chi connectivity index (χ1n) is 10.8. The third-order valence-corrected chi connectivity index (χ3v) is 4.58. The molecule has 0 aliphatic heterocycles. The van der Waals surface area contributed by atoms with E-state index in [0.717, 1.165) is 0 Å². The number of aliphatic imine (C=N–C) groups is 1. The van der Waals surface area contributed by atoms with Gasteiger partial charge in [0.15, 0.2) is 5.96 Å². The van der Waals surface area contributed by atoms with Crippen LogP contribution in [0.4, 0.5) is 0 Å². The van der Waals surface area contributed by atoms with E-state index < -0.39 is 60.8 Å². The highest BCUT2D eigenvalue weighted by molar-refractivity contribution is 5.93. The maximum atomic E-state index is 12.8. The van der Waals surface area contributed by atoms with E-state index >= 15 is 0 Å². The summed E-state index contributed by atoms with van der Waals surface area (Å²) in [5.74, 6) is -4.77. The van der Waals surface area contributed by atoms with Gasteiger partial charge in [0, 0.05) is 13.0 Å². The summed E-state index contributed by atoms with van der Waals surface area (Å²) in [7, 11) is 0. The van der Waals surface area contributed by atoms with Crippen molar-refractivity contribution in [2.75, 3.05) is 19.6 Å². The minimum Gasteiger partial charge on any atom is -0.481 e. The fourth-order valence-corrected chi connectivity index (χ4v) is 2.79. The minimum atomic E-state index is -1.28. The average molecular weight is 489 g/mol. The van der Waals surface area contributed by atoms with Gasteiger partial charge in [-0.05, 0) is 45.1 Å². The molecular weight excluding hydrogens is 452 g/mol. The van der Waals surface area contributed by atoms with Gasteiger partial charge >= 0.3 is 11.9 Å². The summed E-state index contributed by atoms with van der Waals surface area (Å²) in [6.07, 6.45) is 1.11. The van der Waals surface area contributed by atoms with E-state index in [0.29, 0.717) is 25.8 Å². The number of nitrogens with zero attached hydrogens (tertiary/aromatic N) is 1. The van der Waals surface area contributed by atoms with E-state index in [9.17, 15) is 24.0 Å². The molecule has 15 nitrogen and oxygen atoms in total. The van der Waals surface area contributed by atoms with Gasteiger partial charge < -0.3 is 49.1 Å². The molecule has 0 aliphatic rings. The van der Waals surface area contributed by atoms with Crippen molar-refractivity contribution < 1.29 is 34.2 Å². The van der Waals surface area contributed by atoms with E-state index in [-0.39, 0.29) is 31.8 Å². The van der Waals surface area contributed by atoms with Gasteiger partial charge in [0.1, 0.15) is 18.6 Å². The lowest BCUT2D eigenvalue weighted by Crippen LogP contribution is -2.56. The van der Waals surface area contributed by atoms with Crippen LogP contribution in [0.5, 0.6) is 0 Å². The molecule has 3 atom stereocenters. The highest BCUT2D eigenvalue weighted by Crippen LogP contribution is 2.05. The molecule has 0 aromatic rings. The quantitative estimate of drug-likeness (QED) is 0.0519. The lowest BCUT2D eigenvalue weighted by Gasteiger charge is -2.24. The summed E-state index contributed by atoms with van der Waals surface area (Å²) in [5, 5.41) is 24.8. The third-order valence-electron chi connectivity index (χ3n) is 4.58. The van der Waals surface area contributed by atoms with Crippen LogP contribution in [0, 0.1) is 0 Å². The average Bonchev–Trinajstić information content (AvgIpc) is 2.76. The summed E-state index contributed by atoms with van der Waals surface area (Å²) < 4.78 is 0. The van der Waals surface area contributed by atoms with Crippen molar-refractivity contribution in [1.29, 1.82) is 0 Å². The van der Waals surface area contributed by atoms with Crippen LogP contribution in [0.15, 0.2) is 4.99 Å². The lowest BCUT2D eigenvalue weighted by atomic mass is 10.1. The van der Waals surface area contributed by atoms with Gasteiger partial charge in [-0.3, -0.25) is 29.0 Å². The number of unbranched alkanes of at least 4 members (excludes halogenated alkanes) is 1. The van der Waals surface area contributed by atoms with E-state index in [2.05, 4.69) is 20.9 Å². The van der Waals surface area contributed by atoms with E-state index in [4.69, 9.17) is 33.1 Å². The SMILES string of the molecule is NCCCCC(NC(=O)C(CCC(=O)O)NC(=O)C(N)CCCN=C(N)N)C(=O)NCC(=O)O. The van der Waals surface area contributed by atoms with Crippen molar-refractivity contribution in [2.45, 2.75) is 63.1 Å². The molecule has 0 aromatic carbocycles. The molecule has 0 spiro atoms. The van der Waals surface area contributed by atoms with Crippen LogP contribution in [-0.4, -0.2) is 83.6 Å². The predicted molar refractivity (Wildman–Crippen MR) is 122 cm³/mol. The molecule has 0 rings (SSSR count). The molecule has 0 radical (unpaired) electrons. The standard InChI is InChI=1S/C19H36N8O7/c20-8-2-1-5-12(17(33)25-10-15(30)31)27-18(34)13(6-7-14(28)29)26-16(32)11(21)4-3-9-24-19(22)23/h11-13H,1-10,20-21H2,(H,25,33)(H,26,32)(H,27,34)(H,28,29)(H,30,31)(H4,22,23,24). The highest BCUT2D eigenvalue weighted by atomic mass is 16.4. The molecule has 0 saturated heterocycles. The van der Waals surface area contributed by atoms with Crippen molar-refractivity contribution in [3.05, 3.63) is 0 Å². The number of hydrogen-bond donors (Lipinski definition) is 9. The molecule has 0 aromatic heterocycles. The number of carboxylic acids is 2.